The molecule has 0 bridgehead atoms. The van der Waals surface area contributed by atoms with Gasteiger partial charge in [-0.25, -0.2) is 17.2 Å². The van der Waals surface area contributed by atoms with Crippen molar-refractivity contribution in [2.75, 3.05) is 15.9 Å². The van der Waals surface area contributed by atoms with E-state index in [1.54, 1.807) is 6.07 Å². The molecule has 0 aromatic heterocycles. The number of halogens is 2. The molecular formula is C18H20F2N2O3S. The van der Waals surface area contributed by atoms with Crippen molar-refractivity contribution in [3.8, 4) is 0 Å². The molecule has 1 amide bonds. The topological polar surface area (TPSA) is 66.5 Å². The van der Waals surface area contributed by atoms with Gasteiger partial charge in [0, 0.05) is 11.8 Å². The highest BCUT2D eigenvalue weighted by atomic mass is 32.2. The number of aryl methyl sites for hydroxylation is 2. The lowest BCUT2D eigenvalue weighted by Crippen LogP contribution is -2.45. The number of hydrogen-bond donors (Lipinski definition) is 1. The van der Waals surface area contributed by atoms with Crippen LogP contribution in [0.1, 0.15) is 18.1 Å². The molecule has 0 aliphatic rings. The molecule has 2 aromatic carbocycles. The Bertz CT molecular complexity index is 945. The fourth-order valence-electron chi connectivity index (χ4n) is 2.62. The minimum Gasteiger partial charge on any atom is -0.324 e. The largest absolute Gasteiger partial charge is 0.324 e. The number of sulfonamides is 1. The Morgan fingerprint density at radius 1 is 1.08 bits per heavy atom. The zero-order valence-corrected chi connectivity index (χ0v) is 15.7. The van der Waals surface area contributed by atoms with Crippen molar-refractivity contribution in [2.24, 2.45) is 0 Å². The smallest absolute Gasteiger partial charge is 0.248 e. The van der Waals surface area contributed by atoms with Crippen LogP contribution in [0, 0.1) is 25.5 Å². The number of anilines is 2. The lowest BCUT2D eigenvalue weighted by Gasteiger charge is -2.28. The van der Waals surface area contributed by atoms with Crippen molar-refractivity contribution in [1.82, 2.24) is 0 Å². The minimum atomic E-state index is -3.92. The van der Waals surface area contributed by atoms with Gasteiger partial charge in [-0.05, 0) is 44.5 Å². The van der Waals surface area contributed by atoms with Crippen LogP contribution in [0.25, 0.3) is 0 Å². The third-order valence-corrected chi connectivity index (χ3v) is 5.13. The number of benzene rings is 2. The summed E-state index contributed by atoms with van der Waals surface area (Å²) >= 11 is 0. The maximum Gasteiger partial charge on any atom is 0.248 e. The Kier molecular flexibility index (Phi) is 5.65. The molecule has 140 valence electrons. The van der Waals surface area contributed by atoms with Gasteiger partial charge in [0.25, 0.3) is 0 Å². The van der Waals surface area contributed by atoms with Crippen LogP contribution < -0.4 is 9.62 Å². The summed E-state index contributed by atoms with van der Waals surface area (Å²) < 4.78 is 51.8. The SMILES string of the molecule is Cc1ccc(NC(=O)C(C)N(c2ccc(F)c(F)c2)S(C)(=O)=O)c(C)c1. The molecule has 0 aliphatic carbocycles. The third kappa shape index (κ3) is 4.37. The highest BCUT2D eigenvalue weighted by Crippen LogP contribution is 2.24. The average Bonchev–Trinajstić information content (AvgIpc) is 2.52. The monoisotopic (exact) mass is 382 g/mol. The van der Waals surface area contributed by atoms with Gasteiger partial charge in [-0.1, -0.05) is 17.7 Å². The molecular weight excluding hydrogens is 362 g/mol. The summed E-state index contributed by atoms with van der Waals surface area (Å²) in [5.41, 5.74) is 2.26. The van der Waals surface area contributed by atoms with E-state index in [1.807, 2.05) is 26.0 Å². The number of hydrogen-bond acceptors (Lipinski definition) is 3. The highest BCUT2D eigenvalue weighted by Gasteiger charge is 2.30. The van der Waals surface area contributed by atoms with Crippen LogP contribution in [0.15, 0.2) is 36.4 Å². The molecule has 0 radical (unpaired) electrons. The number of carbonyl (C=O) groups excluding carboxylic acids is 1. The fourth-order valence-corrected chi connectivity index (χ4v) is 3.79. The molecule has 2 rings (SSSR count). The minimum absolute atomic E-state index is 0.130. The molecule has 1 N–H and O–H groups in total. The summed E-state index contributed by atoms with van der Waals surface area (Å²) in [7, 11) is -3.92. The standard InChI is InChI=1S/C18H20F2N2O3S/c1-11-5-8-17(12(2)9-11)21-18(23)13(3)22(26(4,24)25)14-6-7-15(19)16(20)10-14/h5-10,13H,1-4H3,(H,21,23). The Hall–Kier alpha value is -2.48. The second-order valence-electron chi connectivity index (χ2n) is 6.14. The van der Waals surface area contributed by atoms with Crippen LogP contribution in [0.3, 0.4) is 0 Å². The van der Waals surface area contributed by atoms with Gasteiger partial charge in [0.1, 0.15) is 6.04 Å². The predicted molar refractivity (Wildman–Crippen MR) is 97.7 cm³/mol. The Balaban J connectivity index is 2.35. The van der Waals surface area contributed by atoms with E-state index in [0.717, 1.165) is 39.9 Å². The van der Waals surface area contributed by atoms with Gasteiger partial charge in [-0.15, -0.1) is 0 Å². The molecule has 8 heteroatoms. The Labute approximate surface area is 151 Å². The summed E-state index contributed by atoms with van der Waals surface area (Å²) in [5, 5.41) is 2.67. The number of nitrogens with one attached hydrogen (secondary N) is 1. The first-order valence-corrected chi connectivity index (χ1v) is 9.68. The molecule has 0 aliphatic heterocycles. The lowest BCUT2D eigenvalue weighted by molar-refractivity contribution is -0.116. The van der Waals surface area contributed by atoms with Crippen LogP contribution in [-0.2, 0) is 14.8 Å². The second kappa shape index (κ2) is 7.41. The molecule has 26 heavy (non-hydrogen) atoms. The van der Waals surface area contributed by atoms with Crippen molar-refractivity contribution < 1.29 is 22.0 Å². The van der Waals surface area contributed by atoms with Crippen molar-refractivity contribution >= 4 is 27.3 Å². The molecule has 0 fully saturated rings. The molecule has 0 saturated carbocycles. The van der Waals surface area contributed by atoms with E-state index in [9.17, 15) is 22.0 Å². The van der Waals surface area contributed by atoms with Gasteiger partial charge in [0.2, 0.25) is 15.9 Å². The summed E-state index contributed by atoms with van der Waals surface area (Å²) in [6, 6.07) is 6.92. The zero-order valence-electron chi connectivity index (χ0n) is 14.9. The molecule has 0 saturated heterocycles. The van der Waals surface area contributed by atoms with E-state index >= 15 is 0 Å². The number of rotatable bonds is 5. The number of nitrogens with zero attached hydrogens (tertiary/aromatic N) is 1. The van der Waals surface area contributed by atoms with Crippen LogP contribution >= 0.6 is 0 Å². The predicted octanol–water partition coefficient (Wildman–Crippen LogP) is 3.37. The van der Waals surface area contributed by atoms with E-state index in [0.29, 0.717) is 5.69 Å². The van der Waals surface area contributed by atoms with E-state index in [1.165, 1.54) is 6.92 Å². The number of carbonyl (C=O) groups is 1. The summed E-state index contributed by atoms with van der Waals surface area (Å²) in [4.78, 5) is 12.6. The molecule has 0 heterocycles. The zero-order chi connectivity index (χ0) is 19.6. The second-order valence-corrected chi connectivity index (χ2v) is 8.00. The maximum absolute atomic E-state index is 13.5. The molecule has 0 spiro atoms. The summed E-state index contributed by atoms with van der Waals surface area (Å²) in [6.07, 6.45) is 0.898. The van der Waals surface area contributed by atoms with Crippen molar-refractivity contribution in [3.05, 3.63) is 59.2 Å². The summed E-state index contributed by atoms with van der Waals surface area (Å²) in [5.74, 6) is -2.89. The Morgan fingerprint density at radius 3 is 2.27 bits per heavy atom. The number of amides is 1. The fraction of sp³-hybridized carbons (Fsp3) is 0.278. The van der Waals surface area contributed by atoms with Gasteiger partial charge in [-0.2, -0.15) is 0 Å². The molecule has 1 unspecified atom stereocenters. The summed E-state index contributed by atoms with van der Waals surface area (Å²) in [6.45, 7) is 5.10. The Morgan fingerprint density at radius 2 is 1.73 bits per heavy atom. The maximum atomic E-state index is 13.5. The van der Waals surface area contributed by atoms with Crippen molar-refractivity contribution in [2.45, 2.75) is 26.8 Å². The lowest BCUT2D eigenvalue weighted by atomic mass is 10.1. The van der Waals surface area contributed by atoms with Gasteiger partial charge in [-0.3, -0.25) is 9.10 Å². The van der Waals surface area contributed by atoms with Gasteiger partial charge < -0.3 is 5.32 Å². The highest BCUT2D eigenvalue weighted by molar-refractivity contribution is 7.92. The van der Waals surface area contributed by atoms with Crippen molar-refractivity contribution in [1.29, 1.82) is 0 Å². The van der Waals surface area contributed by atoms with Crippen LogP contribution in [0.5, 0.6) is 0 Å². The quantitative estimate of drug-likeness (QED) is 0.862. The van der Waals surface area contributed by atoms with Crippen LogP contribution in [0.2, 0.25) is 0 Å². The first-order valence-electron chi connectivity index (χ1n) is 7.83. The van der Waals surface area contributed by atoms with E-state index in [2.05, 4.69) is 5.32 Å². The first-order chi connectivity index (χ1) is 12.0. The van der Waals surface area contributed by atoms with Gasteiger partial charge in [0.15, 0.2) is 11.6 Å². The van der Waals surface area contributed by atoms with E-state index in [-0.39, 0.29) is 5.69 Å². The van der Waals surface area contributed by atoms with Crippen LogP contribution in [0.4, 0.5) is 20.2 Å². The van der Waals surface area contributed by atoms with Gasteiger partial charge in [0.05, 0.1) is 11.9 Å². The molecule has 5 nitrogen and oxygen atoms in total. The van der Waals surface area contributed by atoms with Crippen LogP contribution in [-0.4, -0.2) is 26.6 Å². The van der Waals surface area contributed by atoms with Crippen molar-refractivity contribution in [3.63, 3.8) is 0 Å². The normalized spacial score (nSPS) is 12.5. The average molecular weight is 382 g/mol. The van der Waals surface area contributed by atoms with Gasteiger partial charge >= 0.3 is 0 Å². The molecule has 2 aromatic rings. The first kappa shape index (κ1) is 19.8. The van der Waals surface area contributed by atoms with E-state index in [4.69, 9.17) is 0 Å². The third-order valence-electron chi connectivity index (χ3n) is 3.89. The molecule has 1 atom stereocenters. The van der Waals surface area contributed by atoms with E-state index < -0.39 is 33.6 Å².